The number of nitrogens with zero attached hydrogens (tertiary/aromatic N) is 4. The molecule has 15 nitrogen and oxygen atoms in total. The number of nitrogens with one attached hydrogen (secondary N) is 1. The summed E-state index contributed by atoms with van der Waals surface area (Å²) in [7, 11) is 3.04. The molecule has 5 aliphatic heterocycles. The van der Waals surface area contributed by atoms with E-state index in [0.29, 0.717) is 24.2 Å². The van der Waals surface area contributed by atoms with Gasteiger partial charge in [-0.25, -0.2) is 13.9 Å². The Labute approximate surface area is 618 Å². The van der Waals surface area contributed by atoms with E-state index in [-0.39, 0.29) is 29.0 Å². The zero-order valence-corrected chi connectivity index (χ0v) is 65.8. The highest BCUT2D eigenvalue weighted by Crippen LogP contribution is 2.41. The number of methoxy groups -OCH3 is 2. The van der Waals surface area contributed by atoms with Crippen LogP contribution < -0.4 is 5.32 Å². The summed E-state index contributed by atoms with van der Waals surface area (Å²) in [6.07, 6.45) is 65.7. The lowest BCUT2D eigenvalue weighted by molar-refractivity contribution is -0.505. The van der Waals surface area contributed by atoms with Crippen LogP contribution in [0.3, 0.4) is 0 Å². The SMILES string of the molecule is C1CCNC1.C=C(CCC1(C=[N+]2CCCC2)CC=C(C)CC1)OC.C=CC(=O)OC.CC(=O)CCC1(C=O)CC=C(C)CC1.CC(=O)O.CC1=CC/C(=C\N2CCCC2)CC1.CC1=CC/C(=C\N2CCCC2)CC1.CC1=CCC(C=O)CC1.CC1=CCC(C=[N+]2CCCC2)(CCC(=O)CO)CC1. The number of Topliss-reactive ketones (excluding diaryl/α,β-unsaturated/α-hetero) is 2. The minimum atomic E-state index is -0.833. The molecule has 0 spiro atoms. The number of aldehydes is 2. The molecule has 102 heavy (non-hydrogen) atoms. The average Bonchev–Trinajstić information content (AvgIpc) is 1.20. The third-order valence-corrected chi connectivity index (χ3v) is 21.6. The lowest BCUT2D eigenvalue weighted by Gasteiger charge is -2.31. The van der Waals surface area contributed by atoms with Gasteiger partial charge in [0.25, 0.3) is 5.97 Å². The van der Waals surface area contributed by atoms with Crippen molar-refractivity contribution in [2.24, 2.45) is 22.2 Å². The first-order valence-corrected chi connectivity index (χ1v) is 39.3. The number of carboxylic acids is 1. The molecule has 15 heteroatoms. The Morgan fingerprint density at radius 3 is 1.27 bits per heavy atom. The third kappa shape index (κ3) is 40.1. The number of carboxylic acid groups (broad SMARTS) is 1. The van der Waals surface area contributed by atoms with E-state index < -0.39 is 11.9 Å². The highest BCUT2D eigenvalue weighted by atomic mass is 16.5. The van der Waals surface area contributed by atoms with Crippen molar-refractivity contribution in [1.29, 1.82) is 0 Å². The van der Waals surface area contributed by atoms with Gasteiger partial charge in [0.1, 0.15) is 63.6 Å². The number of aliphatic carboxylic acids is 1. The van der Waals surface area contributed by atoms with E-state index >= 15 is 0 Å². The van der Waals surface area contributed by atoms with E-state index in [1.807, 2.05) is 0 Å². The maximum absolute atomic E-state index is 11.4. The Morgan fingerprint density at radius 2 is 0.971 bits per heavy atom. The number of carbonyl (C=O) groups excluding carboxylic acids is 5. The van der Waals surface area contributed by atoms with Crippen LogP contribution in [0, 0.1) is 22.2 Å². The summed E-state index contributed by atoms with van der Waals surface area (Å²) >= 11 is 0. The number of hydrogen-bond acceptors (Lipinski definition) is 12. The van der Waals surface area contributed by atoms with Crippen molar-refractivity contribution in [3.8, 4) is 0 Å². The quantitative estimate of drug-likeness (QED) is 0.0294. The molecule has 5 saturated heterocycles. The number of rotatable bonds is 18. The Bertz CT molecular complexity index is 2770. The van der Waals surface area contributed by atoms with E-state index in [1.54, 1.807) is 41.9 Å². The first-order valence-electron chi connectivity index (χ1n) is 39.3. The largest absolute Gasteiger partial charge is 0.502 e. The van der Waals surface area contributed by atoms with E-state index in [2.05, 4.69) is 145 Å². The van der Waals surface area contributed by atoms with Gasteiger partial charge in [0, 0.05) is 95.5 Å². The van der Waals surface area contributed by atoms with Gasteiger partial charge < -0.3 is 49.2 Å². The molecule has 11 rings (SSSR count). The molecule has 5 heterocycles. The summed E-state index contributed by atoms with van der Waals surface area (Å²) in [6.45, 7) is 35.1. The maximum atomic E-state index is 11.4. The van der Waals surface area contributed by atoms with Crippen LogP contribution in [0.4, 0.5) is 0 Å². The second kappa shape index (κ2) is 51.8. The zero-order chi connectivity index (χ0) is 75.0. The zero-order valence-electron chi connectivity index (χ0n) is 65.8. The molecule has 0 aromatic carbocycles. The molecule has 11 aliphatic rings. The molecule has 0 aromatic rings. The fraction of sp³-hybridized carbons (Fsp3) is 0.678. The monoisotopic (exact) mass is 1420 g/mol. The summed E-state index contributed by atoms with van der Waals surface area (Å²) in [5.74, 6) is 0.155. The molecule has 4 atom stereocenters. The fourth-order valence-electron chi connectivity index (χ4n) is 14.2. The van der Waals surface area contributed by atoms with Gasteiger partial charge in [-0.15, -0.1) is 0 Å². The first-order chi connectivity index (χ1) is 48.9. The molecule has 6 aliphatic carbocycles. The van der Waals surface area contributed by atoms with E-state index in [0.717, 1.165) is 108 Å². The molecular formula is C87H141N5O10+2. The maximum Gasteiger partial charge on any atom is 0.329 e. The smallest absolute Gasteiger partial charge is 0.329 e. The number of aliphatic hydroxyl groups excluding tert-OH is 1. The van der Waals surface area contributed by atoms with Crippen LogP contribution in [0.5, 0.6) is 0 Å². The minimum absolute atomic E-state index is 0.0273. The van der Waals surface area contributed by atoms with Crippen LogP contribution in [-0.2, 0) is 38.2 Å². The van der Waals surface area contributed by atoms with Crippen LogP contribution >= 0.6 is 0 Å². The number of hydrogen-bond donors (Lipinski definition) is 3. The number of likely N-dealkylation sites (tertiary alicyclic amines) is 2. The van der Waals surface area contributed by atoms with Gasteiger partial charge >= 0.3 is 5.97 Å². The van der Waals surface area contributed by atoms with Crippen LogP contribution in [0.2, 0.25) is 0 Å². The summed E-state index contributed by atoms with van der Waals surface area (Å²) in [5, 5.41) is 19.5. The second-order valence-corrected chi connectivity index (χ2v) is 30.8. The Morgan fingerprint density at radius 1 is 0.559 bits per heavy atom. The van der Waals surface area contributed by atoms with Crippen molar-refractivity contribution in [3.63, 3.8) is 0 Å². The van der Waals surface area contributed by atoms with Crippen LogP contribution in [0.25, 0.3) is 0 Å². The second-order valence-electron chi connectivity index (χ2n) is 30.8. The fourth-order valence-corrected chi connectivity index (χ4v) is 14.2. The molecule has 0 amide bonds. The molecule has 572 valence electrons. The lowest BCUT2D eigenvalue weighted by atomic mass is 9.72. The number of ketones is 2. The van der Waals surface area contributed by atoms with Crippen molar-refractivity contribution in [2.75, 3.05) is 86.3 Å². The lowest BCUT2D eigenvalue weighted by Crippen LogP contribution is -2.30. The first kappa shape index (κ1) is 89.9. The van der Waals surface area contributed by atoms with Crippen molar-refractivity contribution < 1.29 is 57.6 Å². The number of allylic oxidation sites excluding steroid dienone is 15. The Kier molecular flexibility index (Phi) is 45.6. The number of carbonyl (C=O) groups is 6. The summed E-state index contributed by atoms with van der Waals surface area (Å²) in [4.78, 5) is 67.4. The summed E-state index contributed by atoms with van der Waals surface area (Å²) in [5.41, 5.74) is 12.5. The normalized spacial score (nSPS) is 24.8. The van der Waals surface area contributed by atoms with E-state index in [4.69, 9.17) is 19.7 Å². The summed E-state index contributed by atoms with van der Waals surface area (Å²) < 4.78 is 14.4. The predicted octanol–water partition coefficient (Wildman–Crippen LogP) is 17.8. The summed E-state index contributed by atoms with van der Waals surface area (Å²) in [6, 6.07) is 0. The number of ether oxygens (including phenoxy) is 2. The third-order valence-electron chi connectivity index (χ3n) is 21.6. The van der Waals surface area contributed by atoms with Gasteiger partial charge in [-0.1, -0.05) is 94.2 Å². The van der Waals surface area contributed by atoms with Crippen molar-refractivity contribution >= 4 is 48.5 Å². The molecule has 5 fully saturated rings. The van der Waals surface area contributed by atoms with E-state index in [1.165, 1.54) is 218 Å². The molecule has 0 radical (unpaired) electrons. The topological polar surface area (TPSA) is 186 Å². The minimum Gasteiger partial charge on any atom is -0.502 e. The number of aliphatic hydroxyl groups is 1. The van der Waals surface area contributed by atoms with E-state index in [9.17, 15) is 24.0 Å². The molecule has 0 saturated carbocycles. The van der Waals surface area contributed by atoms with Gasteiger partial charge in [0.15, 0.2) is 5.78 Å². The molecule has 4 unspecified atom stereocenters. The standard InChI is InChI=1S/C17H28NO.C16H26NO2.2C12H19N.C12H18O2.C8H12O.C4H9N.C4H6O2.C2H4O2/c1-15-6-9-17(10-7-15,11-8-16(2)19-3)14-18-12-4-5-13-18;1-14-4-7-16(8-5-14,9-6-15(19)12-18)13-17-10-2-3-11-17;2*1-11-4-6-12(7-5-11)10-13-8-2-3-9-13;1-10-3-6-12(9-13,7-4-10)8-5-11(2)14;1-7-2-4-8(6-9)5-3-7;1-2-4-5-3-1;1-3-4(5)6-2;1-2(3)4/h6,14H,2,4-5,7-13H2,1,3H3;4,13,18H,2-3,5-12H2,1H3;2*4,10H,2-3,5-9H2,1H3;3,9H,4-8H2,1-2H3;2,6,8H,3-5H2,1H3;5H,1-4H2;3H,1H2,2H3;1H3,(H,3,4)/q2*+1;;;;;;;/b;;2*12-10+;;;;;. The highest BCUT2D eigenvalue weighted by Gasteiger charge is 2.36. The van der Waals surface area contributed by atoms with Crippen molar-refractivity contribution in [2.45, 2.75) is 274 Å². The average molecular weight is 1420 g/mol. The van der Waals surface area contributed by atoms with Crippen molar-refractivity contribution in [3.05, 3.63) is 118 Å². The predicted molar refractivity (Wildman–Crippen MR) is 421 cm³/mol. The molecule has 3 N–H and O–H groups in total. The van der Waals surface area contributed by atoms with Crippen LogP contribution in [-0.4, -0.2) is 164 Å². The van der Waals surface area contributed by atoms with Gasteiger partial charge in [0.05, 0.1) is 30.8 Å². The Balaban J connectivity index is 0.000000309. The Hall–Kier alpha value is -6.32. The van der Waals surface area contributed by atoms with Gasteiger partial charge in [-0.3, -0.25) is 9.59 Å². The van der Waals surface area contributed by atoms with Crippen LogP contribution in [0.15, 0.2) is 118 Å². The molecule has 0 aromatic heterocycles. The molecular weight excluding hydrogens is 1270 g/mol. The molecule has 0 bridgehead atoms. The van der Waals surface area contributed by atoms with Gasteiger partial charge in [-0.05, 0) is 247 Å². The van der Waals surface area contributed by atoms with Gasteiger partial charge in [-0.2, -0.15) is 0 Å². The van der Waals surface area contributed by atoms with Gasteiger partial charge in [0.2, 0.25) is 0 Å². The number of esters is 1. The van der Waals surface area contributed by atoms with Crippen LogP contribution in [0.1, 0.15) is 274 Å². The van der Waals surface area contributed by atoms with Crippen molar-refractivity contribution in [1.82, 2.24) is 15.1 Å². The highest BCUT2D eigenvalue weighted by molar-refractivity contribution is 5.81.